The van der Waals surface area contributed by atoms with Gasteiger partial charge >= 0.3 is 0 Å². The summed E-state index contributed by atoms with van der Waals surface area (Å²) in [5.74, 6) is 0. The number of rotatable bonds is 4. The first kappa shape index (κ1) is 14.6. The second-order valence-electron chi connectivity index (χ2n) is 7.26. The lowest BCUT2D eigenvalue weighted by molar-refractivity contribution is 0.0342. The Kier molecular flexibility index (Phi) is 3.95. The Bertz CT molecular complexity index is 524. The largest absolute Gasteiger partial charge is 0.391 e. The number of β-amino-alcohol motifs (C(OH)–C–C–N with tert-alkyl or cyclic N) is 1. The summed E-state index contributed by atoms with van der Waals surface area (Å²) in [6.45, 7) is 7.67. The van der Waals surface area contributed by atoms with Gasteiger partial charge in [-0.05, 0) is 24.0 Å². The van der Waals surface area contributed by atoms with Gasteiger partial charge in [0, 0.05) is 44.7 Å². The summed E-state index contributed by atoms with van der Waals surface area (Å²) in [6.07, 6.45) is 2.31. The van der Waals surface area contributed by atoms with Crippen LogP contribution < -0.4 is 0 Å². The van der Waals surface area contributed by atoms with Crippen molar-refractivity contribution in [2.24, 2.45) is 5.41 Å². The maximum absolute atomic E-state index is 10.2. The molecule has 1 unspecified atom stereocenters. The van der Waals surface area contributed by atoms with Gasteiger partial charge in [0.25, 0.3) is 0 Å². The molecule has 4 heteroatoms. The van der Waals surface area contributed by atoms with Crippen LogP contribution in [0.1, 0.15) is 24.0 Å². The molecule has 4 nitrogen and oxygen atoms in total. The Balaban J connectivity index is 1.37. The molecule has 2 heterocycles. The van der Waals surface area contributed by atoms with Crippen molar-refractivity contribution >= 4 is 0 Å². The number of aliphatic hydroxyl groups is 1. The molecule has 0 amide bonds. The summed E-state index contributed by atoms with van der Waals surface area (Å²) in [5, 5.41) is 10.2. The molecule has 22 heavy (non-hydrogen) atoms. The molecule has 1 aliphatic carbocycles. The van der Waals surface area contributed by atoms with Crippen LogP contribution in [0.25, 0.3) is 0 Å². The molecule has 0 radical (unpaired) electrons. The van der Waals surface area contributed by atoms with Crippen LogP contribution in [-0.2, 0) is 17.8 Å². The fraction of sp³-hybridized carbons (Fsp3) is 0.667. The van der Waals surface area contributed by atoms with Crippen LogP contribution in [0, 0.1) is 5.41 Å². The third-order valence-corrected chi connectivity index (χ3v) is 5.48. The van der Waals surface area contributed by atoms with E-state index >= 15 is 0 Å². The van der Waals surface area contributed by atoms with Crippen LogP contribution >= 0.6 is 0 Å². The second-order valence-corrected chi connectivity index (χ2v) is 7.26. The van der Waals surface area contributed by atoms with Crippen molar-refractivity contribution in [3.8, 4) is 0 Å². The van der Waals surface area contributed by atoms with Gasteiger partial charge in [0.15, 0.2) is 0 Å². The van der Waals surface area contributed by atoms with Crippen LogP contribution in [0.3, 0.4) is 0 Å². The van der Waals surface area contributed by atoms with E-state index in [1.807, 2.05) is 0 Å². The van der Waals surface area contributed by atoms with Gasteiger partial charge in [-0.25, -0.2) is 0 Å². The van der Waals surface area contributed by atoms with Crippen molar-refractivity contribution in [1.29, 1.82) is 0 Å². The Morgan fingerprint density at radius 1 is 1.09 bits per heavy atom. The van der Waals surface area contributed by atoms with Crippen molar-refractivity contribution in [3.63, 3.8) is 0 Å². The smallest absolute Gasteiger partial charge is 0.0735 e. The van der Waals surface area contributed by atoms with E-state index in [-0.39, 0.29) is 11.5 Å². The summed E-state index contributed by atoms with van der Waals surface area (Å²) >= 11 is 0. The van der Waals surface area contributed by atoms with Crippen LogP contribution in [0.5, 0.6) is 0 Å². The molecule has 0 aromatic heterocycles. The highest BCUT2D eigenvalue weighted by Crippen LogP contribution is 2.52. The number of benzene rings is 1. The highest BCUT2D eigenvalue weighted by atomic mass is 16.5. The summed E-state index contributed by atoms with van der Waals surface area (Å²) in [4.78, 5) is 4.88. The van der Waals surface area contributed by atoms with E-state index < -0.39 is 0 Å². The normalized spacial score (nSPS) is 28.3. The average molecular weight is 302 g/mol. The topological polar surface area (TPSA) is 35.9 Å². The molecule has 4 rings (SSSR count). The molecule has 0 bridgehead atoms. The van der Waals surface area contributed by atoms with Crippen molar-refractivity contribution in [3.05, 3.63) is 35.4 Å². The molecule has 1 atom stereocenters. The Morgan fingerprint density at radius 3 is 2.41 bits per heavy atom. The molecule has 1 saturated carbocycles. The lowest BCUT2D eigenvalue weighted by Crippen LogP contribution is -2.35. The zero-order valence-electron chi connectivity index (χ0n) is 13.2. The van der Waals surface area contributed by atoms with Gasteiger partial charge in [-0.3, -0.25) is 9.80 Å². The molecule has 1 spiro atoms. The zero-order chi connectivity index (χ0) is 15.0. The first-order valence-corrected chi connectivity index (χ1v) is 8.52. The average Bonchev–Trinajstić information content (AvgIpc) is 3.22. The number of hydrogen-bond acceptors (Lipinski definition) is 4. The highest BCUT2D eigenvalue weighted by Gasteiger charge is 2.54. The van der Waals surface area contributed by atoms with Crippen LogP contribution in [0.15, 0.2) is 24.3 Å². The summed E-state index contributed by atoms with van der Waals surface area (Å²) in [6, 6.07) is 8.94. The molecule has 1 aromatic carbocycles. The monoisotopic (exact) mass is 302 g/mol. The molecule has 120 valence electrons. The minimum Gasteiger partial charge on any atom is -0.391 e. The van der Waals surface area contributed by atoms with Crippen LogP contribution in [-0.4, -0.2) is 60.4 Å². The number of hydrogen-bond donors (Lipinski definition) is 1. The van der Waals surface area contributed by atoms with Gasteiger partial charge in [0.05, 0.1) is 19.3 Å². The molecule has 3 fully saturated rings. The zero-order valence-corrected chi connectivity index (χ0v) is 13.2. The highest BCUT2D eigenvalue weighted by molar-refractivity contribution is 5.24. The Labute approximate surface area is 132 Å². The fourth-order valence-electron chi connectivity index (χ4n) is 3.93. The summed E-state index contributed by atoms with van der Waals surface area (Å²) in [5.41, 5.74) is 3.02. The first-order valence-electron chi connectivity index (χ1n) is 8.52. The third kappa shape index (κ3) is 3.06. The molecule has 2 aliphatic heterocycles. The van der Waals surface area contributed by atoms with Crippen molar-refractivity contribution in [1.82, 2.24) is 9.80 Å². The Hall–Kier alpha value is -0.940. The molecule has 1 aromatic rings. The maximum Gasteiger partial charge on any atom is 0.0735 e. The first-order chi connectivity index (χ1) is 10.7. The molecule has 3 aliphatic rings. The Morgan fingerprint density at radius 2 is 1.77 bits per heavy atom. The van der Waals surface area contributed by atoms with Gasteiger partial charge in [-0.15, -0.1) is 0 Å². The minimum absolute atomic E-state index is 0.107. The SMILES string of the molecule is OC1CN(Cc2cccc(CN3CCOCC3)c2)CC12CC2. The summed E-state index contributed by atoms with van der Waals surface area (Å²) in [7, 11) is 0. The van der Waals surface area contributed by atoms with Gasteiger partial charge in [0.2, 0.25) is 0 Å². The van der Waals surface area contributed by atoms with Crippen LogP contribution in [0.2, 0.25) is 0 Å². The number of nitrogens with zero attached hydrogens (tertiary/aromatic N) is 2. The van der Waals surface area contributed by atoms with Gasteiger partial charge < -0.3 is 9.84 Å². The number of aliphatic hydroxyl groups excluding tert-OH is 1. The lowest BCUT2D eigenvalue weighted by atomic mass is 10.0. The van der Waals surface area contributed by atoms with Crippen molar-refractivity contribution in [2.45, 2.75) is 32.0 Å². The lowest BCUT2D eigenvalue weighted by Gasteiger charge is -2.26. The quantitative estimate of drug-likeness (QED) is 0.914. The van der Waals surface area contributed by atoms with Crippen molar-refractivity contribution in [2.75, 3.05) is 39.4 Å². The van der Waals surface area contributed by atoms with Gasteiger partial charge in [-0.2, -0.15) is 0 Å². The molecular weight excluding hydrogens is 276 g/mol. The predicted molar refractivity (Wildman–Crippen MR) is 85.5 cm³/mol. The minimum atomic E-state index is -0.107. The second kappa shape index (κ2) is 5.93. The van der Waals surface area contributed by atoms with E-state index in [1.54, 1.807) is 0 Å². The summed E-state index contributed by atoms with van der Waals surface area (Å²) < 4.78 is 5.41. The third-order valence-electron chi connectivity index (χ3n) is 5.48. The van der Waals surface area contributed by atoms with E-state index in [0.29, 0.717) is 0 Å². The standard InChI is InChI=1S/C18H26N2O2/c21-17-13-20(14-18(17)4-5-18)12-16-3-1-2-15(10-16)11-19-6-8-22-9-7-19/h1-3,10,17,21H,4-9,11-14H2. The van der Waals surface area contributed by atoms with Crippen molar-refractivity contribution < 1.29 is 9.84 Å². The van der Waals surface area contributed by atoms with Gasteiger partial charge in [0.1, 0.15) is 0 Å². The van der Waals surface area contributed by atoms with E-state index in [0.717, 1.165) is 52.5 Å². The number of likely N-dealkylation sites (tertiary alicyclic amines) is 1. The van der Waals surface area contributed by atoms with E-state index in [4.69, 9.17) is 4.74 Å². The maximum atomic E-state index is 10.2. The number of ether oxygens (including phenoxy) is 1. The van der Waals surface area contributed by atoms with E-state index in [1.165, 1.54) is 24.0 Å². The molecular formula is C18H26N2O2. The molecule has 2 saturated heterocycles. The fourth-order valence-corrected chi connectivity index (χ4v) is 3.93. The predicted octanol–water partition coefficient (Wildman–Crippen LogP) is 1.48. The number of morpholine rings is 1. The van der Waals surface area contributed by atoms with E-state index in [9.17, 15) is 5.11 Å². The van der Waals surface area contributed by atoms with Crippen LogP contribution in [0.4, 0.5) is 0 Å². The van der Waals surface area contributed by atoms with Gasteiger partial charge in [-0.1, -0.05) is 24.3 Å². The van der Waals surface area contributed by atoms with E-state index in [2.05, 4.69) is 34.1 Å². The molecule has 1 N–H and O–H groups in total.